The number of aromatic nitrogens is 1. The van der Waals surface area contributed by atoms with Crippen LogP contribution in [0, 0.1) is 0 Å². The van der Waals surface area contributed by atoms with E-state index in [4.69, 9.17) is 0 Å². The Morgan fingerprint density at radius 1 is 1.11 bits per heavy atom. The Bertz CT molecular complexity index is 541. The third-order valence-electron chi connectivity index (χ3n) is 4.27. The van der Waals surface area contributed by atoms with E-state index in [1.165, 1.54) is 24.8 Å². The van der Waals surface area contributed by atoms with E-state index in [0.717, 1.165) is 17.0 Å². The average Bonchev–Trinajstić information content (AvgIpc) is 2.38. The molecule has 0 bridgehead atoms. The van der Waals surface area contributed by atoms with E-state index in [-0.39, 0.29) is 0 Å². The number of benzene rings is 1. The van der Waals surface area contributed by atoms with E-state index in [0.29, 0.717) is 0 Å². The molecule has 1 aromatic carbocycles. The first-order chi connectivity index (χ1) is 9.18. The van der Waals surface area contributed by atoms with Crippen LogP contribution in [-0.4, -0.2) is 10.1 Å². The number of hydrogen-bond donors (Lipinski definition) is 1. The molecule has 1 N–H and O–H groups in total. The Morgan fingerprint density at radius 2 is 1.84 bits per heavy atom. The molecular weight excluding hydrogens is 234 g/mol. The molecule has 1 aliphatic rings. The van der Waals surface area contributed by atoms with E-state index in [1.807, 2.05) is 31.2 Å². The lowest BCUT2D eigenvalue weighted by atomic mass is 9.79. The first kappa shape index (κ1) is 12.4. The minimum Gasteiger partial charge on any atom is -0.381 e. The van der Waals surface area contributed by atoms with E-state index in [2.05, 4.69) is 17.1 Å². The van der Waals surface area contributed by atoms with Crippen molar-refractivity contribution in [2.45, 2.75) is 37.7 Å². The van der Waals surface area contributed by atoms with Crippen LogP contribution in [0.3, 0.4) is 0 Å². The summed E-state index contributed by atoms with van der Waals surface area (Å²) in [4.78, 5) is 4.08. The van der Waals surface area contributed by atoms with Crippen molar-refractivity contribution in [3.63, 3.8) is 0 Å². The second kappa shape index (κ2) is 4.78. The van der Waals surface area contributed by atoms with E-state index in [9.17, 15) is 5.11 Å². The Labute approximate surface area is 114 Å². The van der Waals surface area contributed by atoms with Crippen LogP contribution in [0.1, 0.15) is 48.8 Å². The molecule has 0 amide bonds. The summed E-state index contributed by atoms with van der Waals surface area (Å²) in [5.74, 6) is 0.734. The molecule has 0 saturated heterocycles. The number of pyridine rings is 1. The highest BCUT2D eigenvalue weighted by molar-refractivity contribution is 5.36. The molecule has 1 aromatic heterocycles. The molecule has 1 atom stereocenters. The van der Waals surface area contributed by atoms with Crippen molar-refractivity contribution in [3.05, 3.63) is 65.5 Å². The van der Waals surface area contributed by atoms with E-state index < -0.39 is 5.60 Å². The minimum atomic E-state index is -0.980. The fourth-order valence-electron chi connectivity index (χ4n) is 2.64. The van der Waals surface area contributed by atoms with Crippen molar-refractivity contribution in [2.75, 3.05) is 0 Å². The topological polar surface area (TPSA) is 33.1 Å². The smallest absolute Gasteiger partial charge is 0.113 e. The van der Waals surface area contributed by atoms with Gasteiger partial charge < -0.3 is 5.11 Å². The number of rotatable bonds is 3. The minimum absolute atomic E-state index is 0.734. The van der Waals surface area contributed by atoms with Crippen molar-refractivity contribution in [1.82, 2.24) is 4.98 Å². The summed E-state index contributed by atoms with van der Waals surface area (Å²) in [6, 6.07) is 12.2. The zero-order valence-corrected chi connectivity index (χ0v) is 11.2. The Kier molecular flexibility index (Phi) is 3.11. The van der Waals surface area contributed by atoms with Crippen molar-refractivity contribution in [1.29, 1.82) is 0 Å². The summed E-state index contributed by atoms with van der Waals surface area (Å²) >= 11 is 0. The van der Waals surface area contributed by atoms with Gasteiger partial charge in [-0.15, -0.1) is 0 Å². The highest BCUT2D eigenvalue weighted by Gasteiger charge is 2.26. The normalized spacial score (nSPS) is 18.6. The fraction of sp³-hybridized carbons (Fsp3) is 0.353. The van der Waals surface area contributed by atoms with Crippen molar-refractivity contribution in [2.24, 2.45) is 0 Å². The van der Waals surface area contributed by atoms with Gasteiger partial charge in [0.1, 0.15) is 5.60 Å². The molecule has 2 nitrogen and oxygen atoms in total. The monoisotopic (exact) mass is 253 g/mol. The number of aliphatic hydroxyl groups is 1. The van der Waals surface area contributed by atoms with Crippen molar-refractivity contribution in [3.8, 4) is 0 Å². The third-order valence-corrected chi connectivity index (χ3v) is 4.27. The van der Waals surface area contributed by atoms with Crippen LogP contribution >= 0.6 is 0 Å². The van der Waals surface area contributed by atoms with Gasteiger partial charge in [-0.05, 0) is 42.9 Å². The van der Waals surface area contributed by atoms with Crippen LogP contribution < -0.4 is 0 Å². The molecule has 2 heteroatoms. The van der Waals surface area contributed by atoms with Gasteiger partial charge in [0.25, 0.3) is 0 Å². The van der Waals surface area contributed by atoms with Gasteiger partial charge in [-0.3, -0.25) is 4.98 Å². The first-order valence-corrected chi connectivity index (χ1v) is 6.91. The van der Waals surface area contributed by atoms with E-state index >= 15 is 0 Å². The second-order valence-corrected chi connectivity index (χ2v) is 5.56. The number of nitrogens with zero attached hydrogens (tertiary/aromatic N) is 1. The maximum absolute atomic E-state index is 10.7. The van der Waals surface area contributed by atoms with Gasteiger partial charge in [-0.2, -0.15) is 0 Å². The highest BCUT2D eigenvalue weighted by Crippen LogP contribution is 2.37. The van der Waals surface area contributed by atoms with Gasteiger partial charge in [0.05, 0.1) is 0 Å². The average molecular weight is 253 g/mol. The molecule has 0 aliphatic heterocycles. The Hall–Kier alpha value is -1.67. The standard InChI is InChI=1S/C17H19NO/c1-17(19,16-6-3-11-18-12-16)15-9-7-14(8-10-15)13-4-2-5-13/h3,6-13,19H,2,4-5H2,1H3. The fourth-order valence-corrected chi connectivity index (χ4v) is 2.64. The summed E-state index contributed by atoms with van der Waals surface area (Å²) in [5, 5.41) is 10.7. The molecule has 3 rings (SSSR count). The van der Waals surface area contributed by atoms with Crippen molar-refractivity contribution < 1.29 is 5.11 Å². The Balaban J connectivity index is 1.88. The van der Waals surface area contributed by atoms with Crippen LogP contribution in [0.5, 0.6) is 0 Å². The zero-order valence-electron chi connectivity index (χ0n) is 11.2. The maximum Gasteiger partial charge on any atom is 0.113 e. The van der Waals surface area contributed by atoms with E-state index in [1.54, 1.807) is 12.4 Å². The predicted molar refractivity (Wildman–Crippen MR) is 75.9 cm³/mol. The van der Waals surface area contributed by atoms with Gasteiger partial charge in [0, 0.05) is 18.0 Å². The Morgan fingerprint density at radius 3 is 2.37 bits per heavy atom. The van der Waals surface area contributed by atoms with Crippen LogP contribution in [0.2, 0.25) is 0 Å². The predicted octanol–water partition coefficient (Wildman–Crippen LogP) is 3.60. The summed E-state index contributed by atoms with van der Waals surface area (Å²) in [5.41, 5.74) is 2.17. The van der Waals surface area contributed by atoms with Crippen LogP contribution in [0.15, 0.2) is 48.8 Å². The SMILES string of the molecule is CC(O)(c1ccc(C2CCC2)cc1)c1cccnc1. The molecule has 0 spiro atoms. The summed E-state index contributed by atoms with van der Waals surface area (Å²) in [7, 11) is 0. The molecule has 1 unspecified atom stereocenters. The van der Waals surface area contributed by atoms with Gasteiger partial charge in [0.2, 0.25) is 0 Å². The van der Waals surface area contributed by atoms with Gasteiger partial charge in [0.15, 0.2) is 0 Å². The summed E-state index contributed by atoms with van der Waals surface area (Å²) < 4.78 is 0. The van der Waals surface area contributed by atoms with Gasteiger partial charge in [-0.1, -0.05) is 36.8 Å². The maximum atomic E-state index is 10.7. The number of hydrogen-bond acceptors (Lipinski definition) is 2. The molecule has 1 fully saturated rings. The molecule has 0 radical (unpaired) electrons. The van der Waals surface area contributed by atoms with Crippen LogP contribution in [0.4, 0.5) is 0 Å². The molecular formula is C17H19NO. The quantitative estimate of drug-likeness (QED) is 0.906. The zero-order chi connectivity index (χ0) is 13.3. The lowest BCUT2D eigenvalue weighted by Crippen LogP contribution is -2.23. The lowest BCUT2D eigenvalue weighted by Gasteiger charge is -2.28. The van der Waals surface area contributed by atoms with Gasteiger partial charge in [-0.25, -0.2) is 0 Å². The largest absolute Gasteiger partial charge is 0.381 e. The molecule has 1 heterocycles. The first-order valence-electron chi connectivity index (χ1n) is 6.91. The van der Waals surface area contributed by atoms with Gasteiger partial charge >= 0.3 is 0 Å². The third kappa shape index (κ3) is 2.28. The van der Waals surface area contributed by atoms with Crippen molar-refractivity contribution >= 4 is 0 Å². The summed E-state index contributed by atoms with van der Waals surface area (Å²) in [6.45, 7) is 1.82. The molecule has 1 aliphatic carbocycles. The van der Waals surface area contributed by atoms with Crippen LogP contribution in [0.25, 0.3) is 0 Å². The lowest BCUT2D eigenvalue weighted by molar-refractivity contribution is 0.102. The second-order valence-electron chi connectivity index (χ2n) is 5.56. The molecule has 19 heavy (non-hydrogen) atoms. The van der Waals surface area contributed by atoms with Crippen LogP contribution in [-0.2, 0) is 5.60 Å². The molecule has 2 aromatic rings. The molecule has 1 saturated carbocycles. The summed E-state index contributed by atoms with van der Waals surface area (Å²) in [6.07, 6.45) is 7.40. The molecule has 98 valence electrons. The highest BCUT2D eigenvalue weighted by atomic mass is 16.3.